The molecule has 5 nitrogen and oxygen atoms in total. The topological polar surface area (TPSA) is 50.2 Å². The van der Waals surface area contributed by atoms with Gasteiger partial charge in [-0.3, -0.25) is 9.48 Å². The average molecular weight is 252 g/mol. The summed E-state index contributed by atoms with van der Waals surface area (Å²) in [7, 11) is 0. The number of hydrogen-bond donors (Lipinski definition) is 1. The van der Waals surface area contributed by atoms with Gasteiger partial charge in [-0.15, -0.1) is 0 Å². The van der Waals surface area contributed by atoms with Gasteiger partial charge < -0.3 is 10.2 Å². The van der Waals surface area contributed by atoms with Crippen LogP contribution in [0.15, 0.2) is 12.4 Å². The summed E-state index contributed by atoms with van der Waals surface area (Å²) >= 11 is 0. The predicted molar refractivity (Wildman–Crippen MR) is 72.6 cm³/mol. The van der Waals surface area contributed by atoms with E-state index in [1.165, 1.54) is 0 Å². The summed E-state index contributed by atoms with van der Waals surface area (Å²) in [6.45, 7) is 11.0. The molecule has 1 rings (SSSR count). The average Bonchev–Trinajstić information content (AvgIpc) is 2.87. The summed E-state index contributed by atoms with van der Waals surface area (Å²) in [5, 5.41) is 7.01. The second-order valence-corrected chi connectivity index (χ2v) is 4.22. The van der Waals surface area contributed by atoms with E-state index in [0.29, 0.717) is 12.1 Å². The largest absolute Gasteiger partial charge is 0.352 e. The zero-order chi connectivity index (χ0) is 13.4. The van der Waals surface area contributed by atoms with Crippen LogP contribution in [0.2, 0.25) is 0 Å². The van der Waals surface area contributed by atoms with Crippen LogP contribution in [0.5, 0.6) is 0 Å². The maximum atomic E-state index is 11.8. The first-order valence-electron chi connectivity index (χ1n) is 6.74. The Balaban J connectivity index is 2.25. The van der Waals surface area contributed by atoms with E-state index in [9.17, 15) is 4.79 Å². The molecule has 0 fully saturated rings. The Morgan fingerprint density at radius 1 is 1.39 bits per heavy atom. The molecule has 0 spiro atoms. The molecule has 102 valence electrons. The first-order valence-corrected chi connectivity index (χ1v) is 6.74. The van der Waals surface area contributed by atoms with Crippen LogP contribution in [0.1, 0.15) is 37.6 Å². The van der Waals surface area contributed by atoms with Crippen LogP contribution < -0.4 is 5.32 Å². The highest BCUT2D eigenvalue weighted by atomic mass is 16.1. The minimum Gasteiger partial charge on any atom is -0.352 e. The standard InChI is InChI=1S/C13H24N4O/c1-4-16(5-2)9-7-8-14-13(18)12-10-15-17(6-3)11-12/h10-11H,4-9H2,1-3H3,(H,14,18). The molecule has 0 bridgehead atoms. The van der Waals surface area contributed by atoms with Gasteiger partial charge in [-0.05, 0) is 33.0 Å². The molecule has 0 radical (unpaired) electrons. The number of aryl methyl sites for hydroxylation is 1. The molecule has 0 aliphatic carbocycles. The molecular weight excluding hydrogens is 228 g/mol. The zero-order valence-electron chi connectivity index (χ0n) is 11.6. The van der Waals surface area contributed by atoms with Crippen molar-refractivity contribution in [3.63, 3.8) is 0 Å². The van der Waals surface area contributed by atoms with Gasteiger partial charge in [0.1, 0.15) is 0 Å². The second kappa shape index (κ2) is 7.87. The first kappa shape index (κ1) is 14.7. The van der Waals surface area contributed by atoms with Crippen molar-refractivity contribution in [3.05, 3.63) is 18.0 Å². The monoisotopic (exact) mass is 252 g/mol. The van der Waals surface area contributed by atoms with Gasteiger partial charge in [0.2, 0.25) is 0 Å². The highest BCUT2D eigenvalue weighted by molar-refractivity contribution is 5.93. The SMILES string of the molecule is CCN(CC)CCCNC(=O)c1cnn(CC)c1. The van der Waals surface area contributed by atoms with Gasteiger partial charge in [-0.2, -0.15) is 5.10 Å². The Kier molecular flexibility index (Phi) is 6.43. The van der Waals surface area contributed by atoms with E-state index in [-0.39, 0.29) is 5.91 Å². The summed E-state index contributed by atoms with van der Waals surface area (Å²) < 4.78 is 1.75. The fourth-order valence-electron chi connectivity index (χ4n) is 1.80. The van der Waals surface area contributed by atoms with Crippen molar-refractivity contribution in [3.8, 4) is 0 Å². The maximum absolute atomic E-state index is 11.8. The van der Waals surface area contributed by atoms with Crippen molar-refractivity contribution in [1.29, 1.82) is 0 Å². The normalized spacial score (nSPS) is 10.9. The molecule has 0 saturated heterocycles. The fourth-order valence-corrected chi connectivity index (χ4v) is 1.80. The molecule has 1 aromatic heterocycles. The van der Waals surface area contributed by atoms with Crippen LogP contribution in [-0.2, 0) is 6.54 Å². The summed E-state index contributed by atoms with van der Waals surface area (Å²) in [5.41, 5.74) is 0.639. The van der Waals surface area contributed by atoms with Crippen LogP contribution in [0.4, 0.5) is 0 Å². The molecule has 1 heterocycles. The van der Waals surface area contributed by atoms with Crippen LogP contribution >= 0.6 is 0 Å². The van der Waals surface area contributed by atoms with Gasteiger partial charge in [0, 0.05) is 19.3 Å². The number of carbonyl (C=O) groups is 1. The Labute approximate surface area is 109 Å². The van der Waals surface area contributed by atoms with Crippen molar-refractivity contribution >= 4 is 5.91 Å². The highest BCUT2D eigenvalue weighted by Crippen LogP contribution is 1.97. The van der Waals surface area contributed by atoms with Crippen LogP contribution in [0, 0.1) is 0 Å². The lowest BCUT2D eigenvalue weighted by molar-refractivity contribution is 0.0951. The molecule has 5 heteroatoms. The second-order valence-electron chi connectivity index (χ2n) is 4.22. The van der Waals surface area contributed by atoms with Gasteiger partial charge in [-0.25, -0.2) is 0 Å². The molecule has 18 heavy (non-hydrogen) atoms. The zero-order valence-corrected chi connectivity index (χ0v) is 11.6. The summed E-state index contributed by atoms with van der Waals surface area (Å²) in [6.07, 6.45) is 4.37. The predicted octanol–water partition coefficient (Wildman–Crippen LogP) is 1.36. The smallest absolute Gasteiger partial charge is 0.254 e. The van der Waals surface area contributed by atoms with Gasteiger partial charge in [0.05, 0.1) is 11.8 Å². The number of aromatic nitrogens is 2. The summed E-state index contributed by atoms with van der Waals surface area (Å²) in [6, 6.07) is 0. The van der Waals surface area contributed by atoms with E-state index in [1.54, 1.807) is 17.1 Å². The maximum Gasteiger partial charge on any atom is 0.254 e. The number of nitrogens with one attached hydrogen (secondary N) is 1. The first-order chi connectivity index (χ1) is 8.71. The lowest BCUT2D eigenvalue weighted by atomic mass is 10.3. The van der Waals surface area contributed by atoms with E-state index >= 15 is 0 Å². The fraction of sp³-hybridized carbons (Fsp3) is 0.692. The number of carbonyl (C=O) groups excluding carboxylic acids is 1. The van der Waals surface area contributed by atoms with Crippen molar-refractivity contribution < 1.29 is 4.79 Å². The Morgan fingerprint density at radius 2 is 2.11 bits per heavy atom. The van der Waals surface area contributed by atoms with E-state index in [1.807, 2.05) is 6.92 Å². The van der Waals surface area contributed by atoms with Crippen molar-refractivity contribution in [2.75, 3.05) is 26.2 Å². The van der Waals surface area contributed by atoms with Crippen molar-refractivity contribution in [2.24, 2.45) is 0 Å². The minimum absolute atomic E-state index is 0.0331. The molecule has 1 N–H and O–H groups in total. The summed E-state index contributed by atoms with van der Waals surface area (Å²) in [4.78, 5) is 14.1. The molecule has 0 atom stereocenters. The molecule has 0 aromatic carbocycles. The third-order valence-electron chi connectivity index (χ3n) is 3.05. The lowest BCUT2D eigenvalue weighted by Gasteiger charge is -2.17. The number of amides is 1. The minimum atomic E-state index is -0.0331. The lowest BCUT2D eigenvalue weighted by Crippen LogP contribution is -2.29. The van der Waals surface area contributed by atoms with E-state index in [4.69, 9.17) is 0 Å². The van der Waals surface area contributed by atoms with E-state index < -0.39 is 0 Å². The Hall–Kier alpha value is -1.36. The van der Waals surface area contributed by atoms with Gasteiger partial charge in [-0.1, -0.05) is 13.8 Å². The van der Waals surface area contributed by atoms with Gasteiger partial charge >= 0.3 is 0 Å². The van der Waals surface area contributed by atoms with Gasteiger partial charge in [0.25, 0.3) is 5.91 Å². The summed E-state index contributed by atoms with van der Waals surface area (Å²) in [5.74, 6) is -0.0331. The number of nitrogens with zero attached hydrogens (tertiary/aromatic N) is 3. The third kappa shape index (κ3) is 4.49. The van der Waals surface area contributed by atoms with Crippen LogP contribution in [0.25, 0.3) is 0 Å². The van der Waals surface area contributed by atoms with Crippen LogP contribution in [-0.4, -0.2) is 46.8 Å². The molecule has 1 aromatic rings. The van der Waals surface area contributed by atoms with E-state index in [0.717, 1.165) is 32.6 Å². The molecule has 1 amide bonds. The third-order valence-corrected chi connectivity index (χ3v) is 3.05. The number of rotatable bonds is 8. The van der Waals surface area contributed by atoms with Gasteiger partial charge in [0.15, 0.2) is 0 Å². The molecule has 0 saturated carbocycles. The molecule has 0 aliphatic heterocycles. The van der Waals surface area contributed by atoms with Crippen LogP contribution in [0.3, 0.4) is 0 Å². The van der Waals surface area contributed by atoms with E-state index in [2.05, 4.69) is 29.2 Å². The molecule has 0 aliphatic rings. The molecular formula is C13H24N4O. The Bertz CT molecular complexity index is 358. The Morgan fingerprint density at radius 3 is 2.67 bits per heavy atom. The quantitative estimate of drug-likeness (QED) is 0.711. The van der Waals surface area contributed by atoms with Crippen molar-refractivity contribution in [2.45, 2.75) is 33.7 Å². The number of hydrogen-bond acceptors (Lipinski definition) is 3. The highest BCUT2D eigenvalue weighted by Gasteiger charge is 2.07. The van der Waals surface area contributed by atoms with Crippen molar-refractivity contribution in [1.82, 2.24) is 20.0 Å². The molecule has 0 unspecified atom stereocenters.